The molecule has 0 radical (unpaired) electrons. The predicted octanol–water partition coefficient (Wildman–Crippen LogP) is 13.4. The maximum absolute atomic E-state index is 4.94. The second-order valence-electron chi connectivity index (χ2n) is 13.8. The minimum atomic E-state index is 0.961. The van der Waals surface area contributed by atoms with Gasteiger partial charge >= 0.3 is 0 Å². The van der Waals surface area contributed by atoms with Gasteiger partial charge in [-0.15, -0.1) is 0 Å². The van der Waals surface area contributed by atoms with Crippen molar-refractivity contribution in [1.82, 2.24) is 14.1 Å². The van der Waals surface area contributed by atoms with Crippen LogP contribution in [0.2, 0.25) is 0 Å². The van der Waals surface area contributed by atoms with E-state index in [-0.39, 0.29) is 0 Å². The van der Waals surface area contributed by atoms with Crippen molar-refractivity contribution in [1.29, 1.82) is 0 Å². The number of imidazole rings is 1. The molecular formula is C51H39N3. The van der Waals surface area contributed by atoms with E-state index in [1.165, 1.54) is 60.9 Å². The number of aromatic nitrogens is 3. The highest BCUT2D eigenvalue weighted by Crippen LogP contribution is 2.33. The first-order chi connectivity index (χ1) is 26.6. The molecule has 0 unspecified atom stereocenters. The van der Waals surface area contributed by atoms with Crippen molar-refractivity contribution in [3.05, 3.63) is 211 Å². The van der Waals surface area contributed by atoms with Crippen LogP contribution in [0.5, 0.6) is 0 Å². The lowest BCUT2D eigenvalue weighted by Gasteiger charge is -2.10. The minimum absolute atomic E-state index is 0.961. The number of fused-ring (bicyclic) bond motifs is 4. The van der Waals surface area contributed by atoms with Crippen molar-refractivity contribution >= 4 is 32.8 Å². The highest BCUT2D eigenvalue weighted by molar-refractivity contribution is 6.09. The molecule has 3 nitrogen and oxygen atoms in total. The maximum Gasteiger partial charge on any atom is 0.145 e. The molecule has 54 heavy (non-hydrogen) atoms. The van der Waals surface area contributed by atoms with Gasteiger partial charge in [0.15, 0.2) is 0 Å². The van der Waals surface area contributed by atoms with E-state index in [9.17, 15) is 0 Å². The van der Waals surface area contributed by atoms with Crippen molar-refractivity contribution in [3.8, 4) is 45.0 Å². The molecule has 3 heteroatoms. The normalized spacial score (nSPS) is 11.1. The van der Waals surface area contributed by atoms with Gasteiger partial charge in [-0.1, -0.05) is 163 Å². The van der Waals surface area contributed by atoms with E-state index >= 15 is 0 Å². The van der Waals surface area contributed by atoms with E-state index in [4.69, 9.17) is 4.98 Å². The zero-order valence-electron chi connectivity index (χ0n) is 30.4. The van der Waals surface area contributed by atoms with Crippen molar-refractivity contribution in [3.63, 3.8) is 0 Å². The van der Waals surface area contributed by atoms with Crippen molar-refractivity contribution < 1.29 is 0 Å². The fourth-order valence-corrected chi connectivity index (χ4v) is 7.37. The molecule has 0 saturated carbocycles. The number of nitrogens with zero attached hydrogens (tertiary/aromatic N) is 3. The molecule has 0 aliphatic rings. The van der Waals surface area contributed by atoms with Crippen molar-refractivity contribution in [2.45, 2.75) is 13.8 Å². The van der Waals surface area contributed by atoms with Gasteiger partial charge in [0, 0.05) is 27.7 Å². The van der Waals surface area contributed by atoms with Crippen LogP contribution in [0.4, 0.5) is 0 Å². The monoisotopic (exact) mass is 693 g/mol. The lowest BCUT2D eigenvalue weighted by molar-refractivity contribution is 1.10. The van der Waals surface area contributed by atoms with E-state index in [0.717, 1.165) is 28.1 Å². The van der Waals surface area contributed by atoms with Crippen LogP contribution in [0.3, 0.4) is 0 Å². The highest BCUT2D eigenvalue weighted by atomic mass is 15.1. The Labute approximate surface area is 316 Å². The third-order valence-corrected chi connectivity index (χ3v) is 10.2. The van der Waals surface area contributed by atoms with Crippen LogP contribution in [0.1, 0.15) is 11.1 Å². The predicted molar refractivity (Wildman–Crippen MR) is 228 cm³/mol. The summed E-state index contributed by atoms with van der Waals surface area (Å²) in [5.74, 6) is 0.961. The molecule has 0 N–H and O–H groups in total. The third kappa shape index (κ3) is 6.27. The molecule has 0 bridgehead atoms. The Hall–Kier alpha value is -6.97. The second kappa shape index (κ2) is 14.2. The summed E-state index contributed by atoms with van der Waals surface area (Å²) in [6, 6.07) is 70.8. The number of aryl methyl sites for hydroxylation is 2. The van der Waals surface area contributed by atoms with E-state index in [2.05, 4.69) is 211 Å². The van der Waals surface area contributed by atoms with Gasteiger partial charge in [0.25, 0.3) is 0 Å². The fraction of sp³-hybridized carbons (Fsp3) is 0.0392. The fourth-order valence-electron chi connectivity index (χ4n) is 7.37. The van der Waals surface area contributed by atoms with Gasteiger partial charge in [0.2, 0.25) is 0 Å². The third-order valence-electron chi connectivity index (χ3n) is 10.2. The Kier molecular flexibility index (Phi) is 8.66. The average Bonchev–Trinajstić information content (AvgIpc) is 3.79. The Morgan fingerprint density at radius 2 is 0.704 bits per heavy atom. The van der Waals surface area contributed by atoms with Gasteiger partial charge in [-0.3, -0.25) is 4.57 Å². The Bertz CT molecular complexity index is 2790. The van der Waals surface area contributed by atoms with Crippen LogP contribution in [-0.4, -0.2) is 14.1 Å². The molecule has 0 spiro atoms. The first-order valence-electron chi connectivity index (χ1n) is 18.5. The van der Waals surface area contributed by atoms with E-state index in [0.29, 0.717) is 0 Å². The first kappa shape index (κ1) is 32.9. The number of hydrogen-bond acceptors (Lipinski definition) is 1. The van der Waals surface area contributed by atoms with Crippen LogP contribution in [-0.2, 0) is 0 Å². The van der Waals surface area contributed by atoms with Gasteiger partial charge in [0.1, 0.15) is 5.82 Å². The van der Waals surface area contributed by atoms with Crippen LogP contribution in [0.15, 0.2) is 200 Å². The lowest BCUT2D eigenvalue weighted by Crippen LogP contribution is -1.97. The summed E-state index contributed by atoms with van der Waals surface area (Å²) in [6.07, 6.45) is 0. The summed E-state index contributed by atoms with van der Waals surface area (Å²) in [4.78, 5) is 4.94. The van der Waals surface area contributed by atoms with Crippen molar-refractivity contribution in [2.75, 3.05) is 0 Å². The lowest BCUT2D eigenvalue weighted by atomic mass is 10.0. The molecule has 2 heterocycles. The topological polar surface area (TPSA) is 22.8 Å². The molecular weight excluding hydrogens is 655 g/mol. The second-order valence-corrected chi connectivity index (χ2v) is 13.8. The van der Waals surface area contributed by atoms with Gasteiger partial charge in [-0.25, -0.2) is 4.98 Å². The number of rotatable bonds is 5. The molecule has 8 aromatic carbocycles. The minimum Gasteiger partial charge on any atom is -0.309 e. The Balaban J connectivity index is 0.000000143. The Morgan fingerprint density at radius 1 is 0.315 bits per heavy atom. The maximum atomic E-state index is 4.94. The van der Waals surface area contributed by atoms with Gasteiger partial charge in [-0.05, 0) is 84.6 Å². The molecule has 0 amide bonds. The summed E-state index contributed by atoms with van der Waals surface area (Å²) >= 11 is 0. The molecule has 258 valence electrons. The van der Waals surface area contributed by atoms with E-state index in [1.54, 1.807) is 0 Å². The first-order valence-corrected chi connectivity index (χ1v) is 18.5. The number of para-hydroxylation sites is 5. The average molecular weight is 694 g/mol. The number of benzene rings is 8. The molecule has 10 rings (SSSR count). The van der Waals surface area contributed by atoms with Crippen LogP contribution in [0, 0.1) is 13.8 Å². The highest BCUT2D eigenvalue weighted by Gasteiger charge is 2.14. The van der Waals surface area contributed by atoms with Crippen LogP contribution >= 0.6 is 0 Å². The molecule has 10 aromatic rings. The molecule has 2 aromatic heterocycles. The SMILES string of the molecule is Cc1ccc(-c2ccc(-c3nc4ccccc4n3-c3ccccc3)cc2)cc1.Cc1ccc(-c2ccc(-n3c4ccccc4c4ccccc43)cc2)cc1. The van der Waals surface area contributed by atoms with Gasteiger partial charge < -0.3 is 4.57 Å². The van der Waals surface area contributed by atoms with Gasteiger partial charge in [-0.2, -0.15) is 0 Å². The molecule has 0 aliphatic carbocycles. The summed E-state index contributed by atoms with van der Waals surface area (Å²) in [5, 5.41) is 2.59. The standard InChI is InChI=1S/C26H20N2.C25H19N/c1-19-11-13-20(14-12-19)21-15-17-22(18-16-21)26-27-24-9-5-6-10-25(24)28(26)23-7-3-2-4-8-23;1-18-10-12-19(13-11-18)20-14-16-21(17-15-20)26-24-8-4-2-6-22(24)23-7-3-5-9-25(23)26/h2-18H,1H3;2-17H,1H3. The Morgan fingerprint density at radius 3 is 1.24 bits per heavy atom. The zero-order chi connectivity index (χ0) is 36.4. The summed E-state index contributed by atoms with van der Waals surface area (Å²) in [5.41, 5.74) is 15.5. The largest absolute Gasteiger partial charge is 0.309 e. The number of hydrogen-bond donors (Lipinski definition) is 0. The van der Waals surface area contributed by atoms with E-state index < -0.39 is 0 Å². The van der Waals surface area contributed by atoms with Crippen molar-refractivity contribution in [2.24, 2.45) is 0 Å². The van der Waals surface area contributed by atoms with Crippen LogP contribution in [0.25, 0.3) is 77.9 Å². The summed E-state index contributed by atoms with van der Waals surface area (Å²) in [6.45, 7) is 4.23. The molecule has 0 aliphatic heterocycles. The van der Waals surface area contributed by atoms with Gasteiger partial charge in [0.05, 0.1) is 22.1 Å². The van der Waals surface area contributed by atoms with Crippen LogP contribution < -0.4 is 0 Å². The van der Waals surface area contributed by atoms with E-state index in [1.807, 2.05) is 12.1 Å². The molecule has 0 fully saturated rings. The summed E-state index contributed by atoms with van der Waals surface area (Å²) in [7, 11) is 0. The quantitative estimate of drug-likeness (QED) is 0.176. The summed E-state index contributed by atoms with van der Waals surface area (Å²) < 4.78 is 4.58. The zero-order valence-corrected chi connectivity index (χ0v) is 30.4. The molecule has 0 saturated heterocycles. The molecule has 0 atom stereocenters. The smallest absolute Gasteiger partial charge is 0.145 e.